The number of non-ortho nitro benzene ring substituents is 1. The Morgan fingerprint density at radius 1 is 1.04 bits per heavy atom. The van der Waals surface area contributed by atoms with Crippen molar-refractivity contribution in [3.8, 4) is 11.5 Å². The van der Waals surface area contributed by atoms with Gasteiger partial charge in [0, 0.05) is 11.6 Å². The summed E-state index contributed by atoms with van der Waals surface area (Å²) in [5.74, 6) is 1.12. The lowest BCUT2D eigenvalue weighted by atomic mass is 10.2. The second kappa shape index (κ2) is 7.73. The van der Waals surface area contributed by atoms with Gasteiger partial charge in [-0.05, 0) is 24.3 Å². The summed E-state index contributed by atoms with van der Waals surface area (Å²) in [6, 6.07) is 8.31. The van der Waals surface area contributed by atoms with Crippen molar-refractivity contribution >= 4 is 23.3 Å². The molecule has 0 bridgehead atoms. The quantitative estimate of drug-likeness (QED) is 0.463. The van der Waals surface area contributed by atoms with Crippen LogP contribution in [0.5, 0.6) is 11.5 Å². The molecule has 0 spiro atoms. The summed E-state index contributed by atoms with van der Waals surface area (Å²) in [5.41, 5.74) is 2.28. The van der Waals surface area contributed by atoms with Gasteiger partial charge in [-0.3, -0.25) is 25.7 Å². The van der Waals surface area contributed by atoms with Gasteiger partial charge < -0.3 is 9.47 Å². The number of nitrogens with zero attached hydrogens (tertiary/aromatic N) is 3. The highest BCUT2D eigenvalue weighted by molar-refractivity contribution is 5.85. The van der Waals surface area contributed by atoms with Crippen molar-refractivity contribution in [1.82, 2.24) is 0 Å². The summed E-state index contributed by atoms with van der Waals surface area (Å²) < 4.78 is 10.3. The molecule has 0 aliphatic heterocycles. The molecule has 0 aliphatic rings. The number of rotatable bonds is 7. The molecule has 2 aromatic carbocycles. The van der Waals surface area contributed by atoms with Gasteiger partial charge in [-0.2, -0.15) is 5.10 Å². The van der Waals surface area contributed by atoms with E-state index in [1.54, 1.807) is 18.2 Å². The number of methoxy groups -OCH3 is 2. The van der Waals surface area contributed by atoms with Crippen LogP contribution in [0.1, 0.15) is 5.56 Å². The number of anilines is 1. The molecule has 0 saturated carbocycles. The first kappa shape index (κ1) is 17.7. The van der Waals surface area contributed by atoms with Crippen LogP contribution in [0, 0.1) is 20.2 Å². The summed E-state index contributed by atoms with van der Waals surface area (Å²) >= 11 is 0. The highest BCUT2D eigenvalue weighted by Crippen LogP contribution is 2.29. The lowest BCUT2D eigenvalue weighted by Gasteiger charge is -2.07. The average Bonchev–Trinajstić information content (AvgIpc) is 2.61. The molecule has 0 unspecified atom stereocenters. The van der Waals surface area contributed by atoms with Crippen LogP contribution >= 0.6 is 0 Å². The van der Waals surface area contributed by atoms with Crippen molar-refractivity contribution in [2.75, 3.05) is 19.6 Å². The molecule has 2 rings (SSSR count). The predicted molar refractivity (Wildman–Crippen MR) is 90.5 cm³/mol. The Kier molecular flexibility index (Phi) is 5.46. The lowest BCUT2D eigenvalue weighted by molar-refractivity contribution is -0.393. The second-order valence-corrected chi connectivity index (χ2v) is 4.69. The summed E-state index contributed by atoms with van der Waals surface area (Å²) in [6.07, 6.45) is 1.40. The van der Waals surface area contributed by atoms with E-state index in [0.717, 1.165) is 12.1 Å². The van der Waals surface area contributed by atoms with Gasteiger partial charge in [0.2, 0.25) is 0 Å². The van der Waals surface area contributed by atoms with Gasteiger partial charge in [0.05, 0.1) is 36.3 Å². The van der Waals surface area contributed by atoms with Gasteiger partial charge >= 0.3 is 5.69 Å². The van der Waals surface area contributed by atoms with Crippen LogP contribution in [0.4, 0.5) is 17.1 Å². The fourth-order valence-corrected chi connectivity index (χ4v) is 1.99. The molecule has 2 aromatic rings. The molecule has 1 N–H and O–H groups in total. The van der Waals surface area contributed by atoms with Gasteiger partial charge in [-0.15, -0.1) is 0 Å². The van der Waals surface area contributed by atoms with Crippen LogP contribution in [0.2, 0.25) is 0 Å². The number of hydrogen-bond donors (Lipinski definition) is 1. The number of hydrazone groups is 1. The Labute approximate surface area is 142 Å². The Morgan fingerprint density at radius 3 is 2.40 bits per heavy atom. The third kappa shape index (κ3) is 4.19. The summed E-state index contributed by atoms with van der Waals surface area (Å²) in [4.78, 5) is 20.4. The van der Waals surface area contributed by atoms with E-state index in [4.69, 9.17) is 9.47 Å². The smallest absolute Gasteiger partial charge is 0.301 e. The predicted octanol–water partition coefficient (Wildman–Crippen LogP) is 2.97. The fourth-order valence-electron chi connectivity index (χ4n) is 1.99. The van der Waals surface area contributed by atoms with Crippen molar-refractivity contribution in [3.05, 3.63) is 62.2 Å². The van der Waals surface area contributed by atoms with E-state index in [1.807, 2.05) is 0 Å². The number of nitro benzene ring substituents is 2. The first-order valence-corrected chi connectivity index (χ1v) is 6.90. The van der Waals surface area contributed by atoms with Crippen LogP contribution in [0.25, 0.3) is 0 Å². The third-order valence-electron chi connectivity index (χ3n) is 3.21. The maximum absolute atomic E-state index is 11.1. The monoisotopic (exact) mass is 346 g/mol. The Balaban J connectivity index is 2.28. The normalized spacial score (nSPS) is 10.5. The summed E-state index contributed by atoms with van der Waals surface area (Å²) in [7, 11) is 3.01. The molecule has 130 valence electrons. The van der Waals surface area contributed by atoms with Crippen molar-refractivity contribution in [2.24, 2.45) is 5.10 Å². The lowest BCUT2D eigenvalue weighted by Crippen LogP contribution is -1.99. The summed E-state index contributed by atoms with van der Waals surface area (Å²) in [6.45, 7) is 0. The van der Waals surface area contributed by atoms with E-state index >= 15 is 0 Å². The summed E-state index contributed by atoms with van der Waals surface area (Å²) in [5, 5.41) is 25.7. The van der Waals surface area contributed by atoms with Crippen LogP contribution in [0.15, 0.2) is 41.5 Å². The third-order valence-corrected chi connectivity index (χ3v) is 3.21. The first-order valence-electron chi connectivity index (χ1n) is 6.90. The van der Waals surface area contributed by atoms with Crippen LogP contribution in [-0.4, -0.2) is 30.3 Å². The van der Waals surface area contributed by atoms with Crippen molar-refractivity contribution in [1.29, 1.82) is 0 Å². The Morgan fingerprint density at radius 2 is 1.80 bits per heavy atom. The largest absolute Gasteiger partial charge is 0.497 e. The zero-order chi connectivity index (χ0) is 18.4. The van der Waals surface area contributed by atoms with Gasteiger partial charge in [0.25, 0.3) is 5.69 Å². The molecular formula is C15H14N4O6. The van der Waals surface area contributed by atoms with E-state index in [9.17, 15) is 20.2 Å². The molecule has 0 atom stereocenters. The number of nitrogens with one attached hydrogen (secondary N) is 1. The standard InChI is InChI=1S/C15H14N4O6/c1-24-12-4-6-15(25-2)10(7-12)9-16-17-13-5-3-11(18(20)21)8-14(13)19(22)23/h3-9,17H,1-2H3/b16-9-. The molecule has 0 saturated heterocycles. The van der Waals surface area contributed by atoms with Crippen molar-refractivity contribution in [3.63, 3.8) is 0 Å². The number of hydrogen-bond acceptors (Lipinski definition) is 8. The van der Waals surface area contributed by atoms with Gasteiger partial charge in [0.15, 0.2) is 0 Å². The molecule has 0 fully saturated rings. The first-order chi connectivity index (χ1) is 12.0. The minimum absolute atomic E-state index is 0.0220. The van der Waals surface area contributed by atoms with Crippen LogP contribution < -0.4 is 14.9 Å². The molecule has 10 nitrogen and oxygen atoms in total. The molecule has 0 heterocycles. The molecule has 25 heavy (non-hydrogen) atoms. The molecule has 0 amide bonds. The minimum atomic E-state index is -0.725. The zero-order valence-corrected chi connectivity index (χ0v) is 13.3. The van der Waals surface area contributed by atoms with Gasteiger partial charge in [0.1, 0.15) is 17.2 Å². The van der Waals surface area contributed by atoms with E-state index in [0.29, 0.717) is 17.1 Å². The number of nitro groups is 2. The zero-order valence-electron chi connectivity index (χ0n) is 13.3. The van der Waals surface area contributed by atoms with Crippen LogP contribution in [0.3, 0.4) is 0 Å². The van der Waals surface area contributed by atoms with Crippen molar-refractivity contribution < 1.29 is 19.3 Å². The maximum Gasteiger partial charge on any atom is 0.301 e. The van der Waals surface area contributed by atoms with E-state index in [2.05, 4.69) is 10.5 Å². The SMILES string of the molecule is COc1ccc(OC)c(/C=N\Nc2ccc([N+](=O)[O-])cc2[N+](=O)[O-])c1. The van der Waals surface area contributed by atoms with Gasteiger partial charge in [-0.1, -0.05) is 0 Å². The molecule has 0 aromatic heterocycles. The molecule has 10 heteroatoms. The maximum atomic E-state index is 11.1. The van der Waals surface area contributed by atoms with Gasteiger partial charge in [-0.25, -0.2) is 0 Å². The fraction of sp³-hybridized carbons (Fsp3) is 0.133. The van der Waals surface area contributed by atoms with E-state index in [1.165, 1.54) is 26.5 Å². The van der Waals surface area contributed by atoms with Crippen molar-refractivity contribution in [2.45, 2.75) is 0 Å². The molecule has 0 radical (unpaired) electrons. The topological polar surface area (TPSA) is 129 Å². The average molecular weight is 346 g/mol. The molecule has 0 aliphatic carbocycles. The highest BCUT2D eigenvalue weighted by Gasteiger charge is 2.19. The molecular weight excluding hydrogens is 332 g/mol. The van der Waals surface area contributed by atoms with E-state index in [-0.39, 0.29) is 11.4 Å². The minimum Gasteiger partial charge on any atom is -0.497 e. The number of ether oxygens (including phenoxy) is 2. The van der Waals surface area contributed by atoms with Crippen LogP contribution in [-0.2, 0) is 0 Å². The highest BCUT2D eigenvalue weighted by atomic mass is 16.6. The Bertz CT molecular complexity index is 837. The number of benzene rings is 2. The second-order valence-electron chi connectivity index (χ2n) is 4.69. The van der Waals surface area contributed by atoms with E-state index < -0.39 is 15.5 Å². The Hall–Kier alpha value is -3.69.